The molecule has 0 saturated heterocycles. The van der Waals surface area contributed by atoms with Gasteiger partial charge < -0.3 is 10.6 Å². The number of amides is 2. The number of hydrogen-bond donors (Lipinski definition) is 2. The van der Waals surface area contributed by atoms with Gasteiger partial charge in [-0.1, -0.05) is 36.4 Å². The summed E-state index contributed by atoms with van der Waals surface area (Å²) < 4.78 is 3.21. The normalized spacial score (nSPS) is 10.2. The third kappa shape index (κ3) is 5.04. The molecule has 25 heavy (non-hydrogen) atoms. The largest absolute Gasteiger partial charge is 0.374 e. The van der Waals surface area contributed by atoms with E-state index in [9.17, 15) is 9.59 Å². The first-order valence-corrected chi connectivity index (χ1v) is 7.87. The van der Waals surface area contributed by atoms with Crippen LogP contribution in [0.25, 0.3) is 0 Å². The Bertz CT molecular complexity index is 774. The van der Waals surface area contributed by atoms with Crippen LogP contribution in [0.2, 0.25) is 0 Å². The number of rotatable bonds is 6. The summed E-state index contributed by atoms with van der Waals surface area (Å²) in [5.41, 5.74) is 1.49. The van der Waals surface area contributed by atoms with E-state index in [1.807, 2.05) is 60.7 Å². The highest BCUT2D eigenvalue weighted by Crippen LogP contribution is 2.05. The molecule has 2 N–H and O–H groups in total. The van der Waals surface area contributed by atoms with Crippen LogP contribution in [0.4, 0.5) is 11.4 Å². The summed E-state index contributed by atoms with van der Waals surface area (Å²) in [4.78, 5) is 24.0. The molecule has 0 spiro atoms. The molecule has 2 aromatic carbocycles. The van der Waals surface area contributed by atoms with E-state index in [1.54, 1.807) is 21.5 Å². The van der Waals surface area contributed by atoms with E-state index < -0.39 is 0 Å². The van der Waals surface area contributed by atoms with Gasteiger partial charge in [0, 0.05) is 11.4 Å². The van der Waals surface area contributed by atoms with Crippen LogP contribution in [-0.2, 0) is 22.7 Å². The number of para-hydroxylation sites is 2. The molecule has 0 aliphatic heterocycles. The highest BCUT2D eigenvalue weighted by molar-refractivity contribution is 5.90. The van der Waals surface area contributed by atoms with Crippen LogP contribution in [0.3, 0.4) is 0 Å². The fourth-order valence-corrected chi connectivity index (χ4v) is 2.32. The third-order valence-corrected chi connectivity index (χ3v) is 3.43. The lowest BCUT2D eigenvalue weighted by atomic mass is 10.3. The first-order chi connectivity index (χ1) is 12.2. The maximum atomic E-state index is 12.0. The fraction of sp³-hybridized carbons (Fsp3) is 0.105. The summed E-state index contributed by atoms with van der Waals surface area (Å²) in [6.45, 7) is 0.254. The Morgan fingerprint density at radius 2 is 1.44 bits per heavy atom. The van der Waals surface area contributed by atoms with Crippen molar-refractivity contribution in [3.8, 4) is 0 Å². The average molecular weight is 334 g/mol. The van der Waals surface area contributed by atoms with E-state index in [0.29, 0.717) is 0 Å². The van der Waals surface area contributed by atoms with E-state index >= 15 is 0 Å². The SMILES string of the molecule is O=C(Cn1[c][n+](CC(=O)Nc2ccccc2)cc1)Nc1ccccc1. The maximum Gasteiger partial charge on any atom is 0.374 e. The van der Waals surface area contributed by atoms with Crippen molar-refractivity contribution in [1.82, 2.24) is 4.57 Å². The smallest absolute Gasteiger partial charge is 0.323 e. The second-order valence-corrected chi connectivity index (χ2v) is 5.48. The number of carbonyl (C=O) groups excluding carboxylic acids is 2. The van der Waals surface area contributed by atoms with Gasteiger partial charge in [0.1, 0.15) is 12.4 Å². The summed E-state index contributed by atoms with van der Waals surface area (Å²) in [5, 5.41) is 5.61. The van der Waals surface area contributed by atoms with Gasteiger partial charge in [0.15, 0.2) is 13.1 Å². The van der Waals surface area contributed by atoms with E-state index in [4.69, 9.17) is 0 Å². The number of aromatic nitrogens is 2. The Balaban J connectivity index is 1.52. The van der Waals surface area contributed by atoms with Crippen molar-refractivity contribution in [2.45, 2.75) is 13.1 Å². The molecule has 125 valence electrons. The molecule has 1 heterocycles. The maximum absolute atomic E-state index is 12.0. The Labute approximate surface area is 145 Å². The van der Waals surface area contributed by atoms with E-state index in [1.165, 1.54) is 0 Å². The predicted octanol–water partition coefficient (Wildman–Crippen LogP) is 1.85. The molecule has 6 heteroatoms. The molecule has 1 aromatic heterocycles. The Morgan fingerprint density at radius 1 is 0.880 bits per heavy atom. The molecule has 0 bridgehead atoms. The van der Waals surface area contributed by atoms with Gasteiger partial charge in [-0.3, -0.25) is 9.59 Å². The molecule has 0 unspecified atom stereocenters. The Kier molecular flexibility index (Phi) is 5.21. The lowest BCUT2D eigenvalue weighted by Gasteiger charge is -2.02. The molecule has 1 radical (unpaired) electrons. The van der Waals surface area contributed by atoms with Crippen LogP contribution in [0.1, 0.15) is 0 Å². The summed E-state index contributed by atoms with van der Waals surface area (Å²) in [5.74, 6) is -0.308. The van der Waals surface area contributed by atoms with Crippen molar-refractivity contribution in [3.05, 3.63) is 79.4 Å². The lowest BCUT2D eigenvalue weighted by molar-refractivity contribution is -0.687. The highest BCUT2D eigenvalue weighted by Gasteiger charge is 2.13. The zero-order valence-corrected chi connectivity index (χ0v) is 13.6. The summed E-state index contributed by atoms with van der Waals surface area (Å²) >= 11 is 0. The monoisotopic (exact) mass is 334 g/mol. The van der Waals surface area contributed by atoms with Gasteiger partial charge in [-0.15, -0.1) is 0 Å². The number of benzene rings is 2. The van der Waals surface area contributed by atoms with Crippen LogP contribution in [0.15, 0.2) is 73.1 Å². The molecule has 3 rings (SSSR count). The quantitative estimate of drug-likeness (QED) is 0.676. The van der Waals surface area contributed by atoms with Gasteiger partial charge in [0.05, 0.1) is 0 Å². The van der Waals surface area contributed by atoms with Gasteiger partial charge in [0.2, 0.25) is 0 Å². The topological polar surface area (TPSA) is 67.0 Å². The third-order valence-electron chi connectivity index (χ3n) is 3.43. The number of nitrogens with one attached hydrogen (secondary N) is 2. The molecule has 6 nitrogen and oxygen atoms in total. The van der Waals surface area contributed by atoms with E-state index in [0.717, 1.165) is 11.4 Å². The van der Waals surface area contributed by atoms with Gasteiger partial charge in [-0.25, -0.2) is 9.13 Å². The van der Waals surface area contributed by atoms with E-state index in [-0.39, 0.29) is 24.9 Å². The fourth-order valence-electron chi connectivity index (χ4n) is 2.32. The van der Waals surface area contributed by atoms with Crippen LogP contribution < -0.4 is 15.2 Å². The second kappa shape index (κ2) is 7.92. The molecule has 0 aliphatic carbocycles. The minimum Gasteiger partial charge on any atom is -0.323 e. The highest BCUT2D eigenvalue weighted by atomic mass is 16.2. The van der Waals surface area contributed by atoms with Crippen molar-refractivity contribution >= 4 is 23.2 Å². The molecule has 0 aliphatic rings. The predicted molar refractivity (Wildman–Crippen MR) is 93.6 cm³/mol. The molecule has 0 saturated carbocycles. The molecule has 0 fully saturated rings. The summed E-state index contributed by atoms with van der Waals surface area (Å²) in [7, 11) is 0. The van der Waals surface area contributed by atoms with Gasteiger partial charge in [0.25, 0.3) is 11.8 Å². The second-order valence-electron chi connectivity index (χ2n) is 5.48. The molecular formula is C19H18N4O2+. The first-order valence-electron chi connectivity index (χ1n) is 7.87. The van der Waals surface area contributed by atoms with Crippen LogP contribution in [0, 0.1) is 6.33 Å². The van der Waals surface area contributed by atoms with Crippen molar-refractivity contribution < 1.29 is 14.2 Å². The zero-order valence-electron chi connectivity index (χ0n) is 13.6. The summed E-state index contributed by atoms with van der Waals surface area (Å²) in [6.07, 6.45) is 6.38. The van der Waals surface area contributed by atoms with Crippen LogP contribution in [-0.4, -0.2) is 16.4 Å². The van der Waals surface area contributed by atoms with Crippen molar-refractivity contribution in [3.63, 3.8) is 0 Å². The Hall–Kier alpha value is -3.41. The molecule has 2 amide bonds. The van der Waals surface area contributed by atoms with Crippen molar-refractivity contribution in [2.75, 3.05) is 10.6 Å². The minimum absolute atomic E-state index is 0.127. The van der Waals surface area contributed by atoms with Gasteiger partial charge >= 0.3 is 6.33 Å². The number of imidazole rings is 1. The number of carbonyl (C=O) groups is 2. The van der Waals surface area contributed by atoms with Crippen molar-refractivity contribution in [2.24, 2.45) is 0 Å². The van der Waals surface area contributed by atoms with E-state index in [2.05, 4.69) is 17.0 Å². The van der Waals surface area contributed by atoms with Crippen LogP contribution >= 0.6 is 0 Å². The standard InChI is InChI=1S/C19H18N4O2/c24-18(20-16-7-3-1-4-8-16)13-22-11-12-23(15-22)14-19(25)21-17-9-5-2-6-10-17/h1-12H,13-14H2,(H,20,24)(H,21,25)/q+1. The minimum atomic E-state index is -0.154. The molecule has 3 aromatic rings. The van der Waals surface area contributed by atoms with Gasteiger partial charge in [-0.2, -0.15) is 0 Å². The summed E-state index contributed by atoms with van der Waals surface area (Å²) in [6, 6.07) is 18.5. The molecule has 0 atom stereocenters. The number of hydrogen-bond acceptors (Lipinski definition) is 2. The first kappa shape index (κ1) is 16.4. The zero-order chi connectivity index (χ0) is 17.5. The number of anilines is 2. The van der Waals surface area contributed by atoms with Crippen LogP contribution in [0.5, 0.6) is 0 Å². The molecular weight excluding hydrogens is 316 g/mol. The Morgan fingerprint density at radius 3 is 2.04 bits per heavy atom. The lowest BCUT2D eigenvalue weighted by Crippen LogP contribution is -2.39. The number of nitrogens with zero attached hydrogens (tertiary/aromatic N) is 2. The van der Waals surface area contributed by atoms with Crippen molar-refractivity contribution in [1.29, 1.82) is 0 Å². The van der Waals surface area contributed by atoms with Gasteiger partial charge in [-0.05, 0) is 24.3 Å². The average Bonchev–Trinajstić information content (AvgIpc) is 3.03.